The van der Waals surface area contributed by atoms with E-state index in [2.05, 4.69) is 27.7 Å². The molecule has 548 valence electrons. The fourth-order valence-electron chi connectivity index (χ4n) is 19.1. The molecular formula is C63H104O32. The zero-order valence-electron chi connectivity index (χ0n) is 54.1. The van der Waals surface area contributed by atoms with Crippen LogP contribution in [0.3, 0.4) is 0 Å². The summed E-state index contributed by atoms with van der Waals surface area (Å²) in [7, 11) is 0. The maximum absolute atomic E-state index is 12.2. The lowest BCUT2D eigenvalue weighted by atomic mass is 9.44. The van der Waals surface area contributed by atoms with Crippen molar-refractivity contribution in [3.63, 3.8) is 0 Å². The Morgan fingerprint density at radius 3 is 1.44 bits per heavy atom. The van der Waals surface area contributed by atoms with E-state index in [-0.39, 0.29) is 22.9 Å². The fourth-order valence-corrected chi connectivity index (χ4v) is 19.1. The summed E-state index contributed by atoms with van der Waals surface area (Å²) in [6.45, 7) is 6.72. The second-order valence-corrected chi connectivity index (χ2v) is 29.9. The van der Waals surface area contributed by atoms with Crippen LogP contribution in [-0.2, 0) is 66.3 Å². The van der Waals surface area contributed by atoms with Crippen LogP contribution in [0.5, 0.6) is 0 Å². The number of ether oxygens (including phenoxy) is 14. The van der Waals surface area contributed by atoms with Crippen LogP contribution in [-0.4, -0.2) is 334 Å². The molecule has 0 bridgehead atoms. The molecule has 12 aliphatic rings. The number of hydrogen-bond acceptors (Lipinski definition) is 32. The van der Waals surface area contributed by atoms with Gasteiger partial charge in [-0.2, -0.15) is 0 Å². The first-order valence-electron chi connectivity index (χ1n) is 34.2. The quantitative estimate of drug-likeness (QED) is 0.0603. The molecule has 0 aromatic heterocycles. The lowest BCUT2D eigenvalue weighted by Crippen LogP contribution is -2.69. The Hall–Kier alpha value is -1.28. The van der Waals surface area contributed by atoms with Crippen LogP contribution in [0.2, 0.25) is 0 Å². The Kier molecular flexibility index (Phi) is 22.5. The van der Waals surface area contributed by atoms with Crippen LogP contribution in [0.25, 0.3) is 0 Å². The normalized spacial score (nSPS) is 57.3. The van der Waals surface area contributed by atoms with E-state index in [1.165, 1.54) is 6.92 Å². The van der Waals surface area contributed by atoms with Crippen LogP contribution < -0.4 is 0 Å². The highest BCUT2D eigenvalue weighted by atomic mass is 16.8. The molecule has 32 nitrogen and oxygen atoms in total. The smallest absolute Gasteiger partial charge is 0.187 e. The topological polar surface area (TPSA) is 493 Å². The largest absolute Gasteiger partial charge is 0.394 e. The van der Waals surface area contributed by atoms with E-state index in [1.54, 1.807) is 0 Å². The van der Waals surface area contributed by atoms with Gasteiger partial charge < -0.3 is 158 Å². The second kappa shape index (κ2) is 29.1. The van der Waals surface area contributed by atoms with Gasteiger partial charge in [0.2, 0.25) is 0 Å². The van der Waals surface area contributed by atoms with Crippen LogP contribution in [0.1, 0.15) is 98.8 Å². The standard InChI is InChI=1S/C63H104O32/c1-22-8-13-63(82-21-22)23(2)36-30(95-63)15-29-27-7-6-25-14-26(9-11-61(25,4)28(27)10-12-62(29,36)5)84-56-47(79)43(75)51(35(20-68)88-56)91-60-54(94-59-49(81)52(39(71)32(17-65)86-59)92-57-46(78)42(74)38(70)31(16-64)85-57)53(40(72)33(18-66)87-60)93-58-48(80)44(76)50(34(19-67)89-58)90-55-45(77)41(73)37(69)24(3)83-55/h22-60,64-81H,6-21H2,1-5H3/t22-,23+,24+,25+,26+,27?,28?,29?,30?,31-,32-,33-,34-,35-,36?,37+,38-,39-,40-,41-,42+,43-,44-,45-,46-,47-,48-,49-,50-,51+,52+,53+,54-,55+,56-,57+,58+,59+,60+,61+,62+,63-/m1/s1. The summed E-state index contributed by atoms with van der Waals surface area (Å²) in [5.41, 5.74) is 0.151. The zero-order chi connectivity index (χ0) is 68.2. The molecule has 8 saturated heterocycles. The monoisotopic (exact) mass is 1370 g/mol. The fraction of sp³-hybridized carbons (Fsp3) is 1.00. The molecule has 95 heavy (non-hydrogen) atoms. The van der Waals surface area contributed by atoms with Gasteiger partial charge >= 0.3 is 0 Å². The minimum absolute atomic E-state index is 0.00916. The molecule has 8 aliphatic heterocycles. The van der Waals surface area contributed by atoms with Gasteiger partial charge in [0, 0.05) is 12.3 Å². The molecule has 0 radical (unpaired) electrons. The first kappa shape index (κ1) is 73.5. The van der Waals surface area contributed by atoms with Gasteiger partial charge in [-0.3, -0.25) is 0 Å². The maximum atomic E-state index is 12.2. The molecule has 1 spiro atoms. The van der Waals surface area contributed by atoms with E-state index in [0.29, 0.717) is 48.3 Å². The summed E-state index contributed by atoms with van der Waals surface area (Å²) in [5, 5.41) is 199. The van der Waals surface area contributed by atoms with Gasteiger partial charge in [-0.15, -0.1) is 0 Å². The third-order valence-corrected chi connectivity index (χ3v) is 24.6. The van der Waals surface area contributed by atoms with Crippen molar-refractivity contribution in [2.75, 3.05) is 39.6 Å². The van der Waals surface area contributed by atoms with Gasteiger partial charge in [0.1, 0.15) is 140 Å². The van der Waals surface area contributed by atoms with Crippen LogP contribution in [0, 0.1) is 52.3 Å². The number of aliphatic hydroxyl groups excluding tert-OH is 18. The van der Waals surface area contributed by atoms with E-state index in [1.807, 2.05) is 0 Å². The zero-order valence-corrected chi connectivity index (χ0v) is 54.1. The van der Waals surface area contributed by atoms with Gasteiger partial charge in [-0.1, -0.05) is 27.7 Å². The second-order valence-electron chi connectivity index (χ2n) is 29.9. The van der Waals surface area contributed by atoms with Crippen molar-refractivity contribution in [1.82, 2.24) is 0 Å². The van der Waals surface area contributed by atoms with Crippen molar-refractivity contribution in [3.05, 3.63) is 0 Å². The summed E-state index contributed by atoms with van der Waals surface area (Å²) in [4.78, 5) is 0. The number of rotatable bonds is 17. The summed E-state index contributed by atoms with van der Waals surface area (Å²) in [6, 6.07) is 0. The number of hydrogen-bond donors (Lipinski definition) is 18. The average Bonchev–Trinajstić information content (AvgIpc) is 1.56. The number of aliphatic hydroxyl groups is 18. The van der Waals surface area contributed by atoms with Gasteiger partial charge in [0.05, 0.1) is 58.0 Å². The molecule has 0 aromatic carbocycles. The SMILES string of the molecule is C[C@@H]1CC[C@@]2(OC1)OC1CC3C4CC[C@H]5C[C@@H](O[C@@H]6O[C@H](CO)[C@H](O[C@@H]7O[C@H](CO)[C@@H](O)[C@H](O[C@@H]8O[C@H](CO)[C@@H](O[C@@H]9O[C@@H](C)[C@H](O)[C@@H](O)[C@H]9O)[C@H](O)[C@H]8O)[C@H]7O[C@@H]7O[C@H](CO)[C@@H](O)[C@H](O[C@@H]8O[C@H](CO)[C@@H](O)[C@H](O)[C@H]8O)[C@H]7O)[C@H](O)[C@H]6O)CC[C@]5(C)C4CC[C@]3(C)C1[C@@H]2C. The molecule has 12 rings (SSSR count). The highest BCUT2D eigenvalue weighted by Crippen LogP contribution is 2.71. The molecule has 8 heterocycles. The van der Waals surface area contributed by atoms with Crippen molar-refractivity contribution < 1.29 is 158 Å². The van der Waals surface area contributed by atoms with E-state index < -0.39 is 229 Å². The average molecular weight is 1370 g/mol. The molecule has 0 amide bonds. The Balaban J connectivity index is 0.763. The van der Waals surface area contributed by atoms with Crippen molar-refractivity contribution in [3.8, 4) is 0 Å². The van der Waals surface area contributed by atoms with Crippen LogP contribution in [0.15, 0.2) is 0 Å². The molecule has 0 aromatic rings. The van der Waals surface area contributed by atoms with Crippen molar-refractivity contribution in [1.29, 1.82) is 0 Å². The molecule has 42 atom stereocenters. The minimum Gasteiger partial charge on any atom is -0.394 e. The Bertz CT molecular complexity index is 2500. The predicted molar refractivity (Wildman–Crippen MR) is 312 cm³/mol. The van der Waals surface area contributed by atoms with Gasteiger partial charge in [0.25, 0.3) is 0 Å². The molecule has 4 saturated carbocycles. The molecule has 12 fully saturated rings. The van der Waals surface area contributed by atoms with E-state index in [0.717, 1.165) is 58.0 Å². The summed E-state index contributed by atoms with van der Waals surface area (Å²) < 4.78 is 85.7. The summed E-state index contributed by atoms with van der Waals surface area (Å²) in [6.07, 6.45) is -47.8. The van der Waals surface area contributed by atoms with Crippen molar-refractivity contribution >= 4 is 0 Å². The molecule has 18 N–H and O–H groups in total. The van der Waals surface area contributed by atoms with E-state index in [4.69, 9.17) is 66.3 Å². The van der Waals surface area contributed by atoms with Crippen molar-refractivity contribution in [2.45, 2.75) is 301 Å². The highest BCUT2D eigenvalue weighted by Gasteiger charge is 2.70. The highest BCUT2D eigenvalue weighted by molar-refractivity contribution is 5.16. The summed E-state index contributed by atoms with van der Waals surface area (Å²) >= 11 is 0. The van der Waals surface area contributed by atoms with Crippen molar-refractivity contribution in [2.24, 2.45) is 52.3 Å². The van der Waals surface area contributed by atoms with Crippen LogP contribution in [0.4, 0.5) is 0 Å². The van der Waals surface area contributed by atoms with E-state index in [9.17, 15) is 91.9 Å². The Labute approximate surface area is 549 Å². The van der Waals surface area contributed by atoms with Gasteiger partial charge in [-0.25, -0.2) is 0 Å². The third-order valence-electron chi connectivity index (χ3n) is 24.6. The lowest BCUT2D eigenvalue weighted by molar-refractivity contribution is -0.414. The summed E-state index contributed by atoms with van der Waals surface area (Å²) in [5.74, 6) is 2.60. The molecule has 32 heteroatoms. The Morgan fingerprint density at radius 2 is 0.853 bits per heavy atom. The van der Waals surface area contributed by atoms with Gasteiger partial charge in [0.15, 0.2) is 43.5 Å². The minimum atomic E-state index is -2.27. The lowest BCUT2D eigenvalue weighted by Gasteiger charge is -2.61. The molecular weight excluding hydrogens is 1270 g/mol. The van der Waals surface area contributed by atoms with Crippen LogP contribution >= 0.6 is 0 Å². The molecule has 4 aliphatic carbocycles. The first-order valence-corrected chi connectivity index (χ1v) is 34.2. The first-order chi connectivity index (χ1) is 45.1. The van der Waals surface area contributed by atoms with Gasteiger partial charge in [-0.05, 0) is 111 Å². The van der Waals surface area contributed by atoms with E-state index >= 15 is 0 Å². The number of fused-ring (bicyclic) bond motifs is 7. The predicted octanol–water partition coefficient (Wildman–Crippen LogP) is -6.23. The Morgan fingerprint density at radius 1 is 0.379 bits per heavy atom. The maximum Gasteiger partial charge on any atom is 0.187 e. The molecule has 5 unspecified atom stereocenters. The third kappa shape index (κ3) is 13.2.